The van der Waals surface area contributed by atoms with Crippen LogP contribution >= 0.6 is 11.8 Å². The highest BCUT2D eigenvalue weighted by molar-refractivity contribution is 8.00. The van der Waals surface area contributed by atoms with Crippen molar-refractivity contribution in [1.82, 2.24) is 15.2 Å². The minimum absolute atomic E-state index is 0.0722. The van der Waals surface area contributed by atoms with E-state index in [1.165, 1.54) is 17.3 Å². The van der Waals surface area contributed by atoms with Gasteiger partial charge in [-0.05, 0) is 56.2 Å². The van der Waals surface area contributed by atoms with Gasteiger partial charge in [0.25, 0.3) is 0 Å². The van der Waals surface area contributed by atoms with E-state index in [0.29, 0.717) is 11.7 Å². The Morgan fingerprint density at radius 3 is 2.63 bits per heavy atom. The number of H-pyrrole nitrogens is 1. The van der Waals surface area contributed by atoms with Gasteiger partial charge in [0.1, 0.15) is 5.82 Å². The van der Waals surface area contributed by atoms with Gasteiger partial charge in [0.05, 0.1) is 11.8 Å². The predicted octanol–water partition coefficient (Wildman–Crippen LogP) is 4.15. The summed E-state index contributed by atoms with van der Waals surface area (Å²) in [7, 11) is 0. The van der Waals surface area contributed by atoms with E-state index in [1.54, 1.807) is 0 Å². The molecule has 0 radical (unpaired) electrons. The van der Waals surface area contributed by atoms with E-state index in [1.807, 2.05) is 69.3 Å². The second-order valence-corrected chi connectivity index (χ2v) is 7.64. The third-order valence-corrected chi connectivity index (χ3v) is 5.13. The number of amides is 1. The molecule has 1 aromatic heterocycles. The lowest BCUT2D eigenvalue weighted by atomic mass is 10.1. The van der Waals surface area contributed by atoms with Gasteiger partial charge in [0.2, 0.25) is 11.1 Å². The monoisotopic (exact) mass is 381 g/mol. The number of aromatic nitrogens is 3. The van der Waals surface area contributed by atoms with Crippen molar-refractivity contribution in [2.45, 2.75) is 37.7 Å². The van der Waals surface area contributed by atoms with Crippen LogP contribution in [-0.2, 0) is 11.3 Å². The highest BCUT2D eigenvalue weighted by Crippen LogP contribution is 2.21. The topological polar surface area (TPSA) is 82.7 Å². The maximum absolute atomic E-state index is 12.4. The lowest BCUT2D eigenvalue weighted by Gasteiger charge is -2.11. The number of aryl methyl sites for hydroxylation is 2. The maximum atomic E-state index is 12.4. The SMILES string of the molecule is Cc1ccc(NC(=O)C(C)Sc2n[nH]c(CNc3ccccc3)n2)cc1C. The average Bonchev–Trinajstić information content (AvgIpc) is 3.11. The van der Waals surface area contributed by atoms with Crippen LogP contribution in [0.4, 0.5) is 11.4 Å². The maximum Gasteiger partial charge on any atom is 0.237 e. The molecule has 3 aromatic rings. The zero-order chi connectivity index (χ0) is 19.2. The van der Waals surface area contributed by atoms with Gasteiger partial charge in [0.15, 0.2) is 0 Å². The summed E-state index contributed by atoms with van der Waals surface area (Å²) < 4.78 is 0. The number of aromatic amines is 1. The largest absolute Gasteiger partial charge is 0.378 e. The zero-order valence-electron chi connectivity index (χ0n) is 15.6. The fourth-order valence-electron chi connectivity index (χ4n) is 2.43. The van der Waals surface area contributed by atoms with Gasteiger partial charge in [-0.2, -0.15) is 0 Å². The van der Waals surface area contributed by atoms with Crippen LogP contribution in [0.15, 0.2) is 53.7 Å². The number of hydrogen-bond acceptors (Lipinski definition) is 5. The fraction of sp³-hybridized carbons (Fsp3) is 0.250. The molecule has 0 saturated carbocycles. The van der Waals surface area contributed by atoms with Gasteiger partial charge in [-0.1, -0.05) is 36.0 Å². The molecule has 140 valence electrons. The quantitative estimate of drug-likeness (QED) is 0.536. The lowest BCUT2D eigenvalue weighted by Crippen LogP contribution is -2.22. The summed E-state index contributed by atoms with van der Waals surface area (Å²) in [5, 5.41) is 13.6. The summed E-state index contributed by atoms with van der Waals surface area (Å²) in [6, 6.07) is 15.8. The standard InChI is InChI=1S/C20H23N5OS/c1-13-9-10-17(11-14(13)2)22-19(26)15(3)27-20-23-18(24-25-20)12-21-16-7-5-4-6-8-16/h4-11,15,21H,12H2,1-3H3,(H,22,26)(H,23,24,25). The molecule has 0 aliphatic rings. The van der Waals surface area contributed by atoms with Crippen LogP contribution in [0.25, 0.3) is 0 Å². The van der Waals surface area contributed by atoms with Crippen molar-refractivity contribution >= 4 is 29.0 Å². The molecule has 0 saturated heterocycles. The molecule has 1 amide bonds. The molecule has 2 aromatic carbocycles. The van der Waals surface area contributed by atoms with Crippen LogP contribution in [0.3, 0.4) is 0 Å². The molecule has 1 unspecified atom stereocenters. The number of thioether (sulfide) groups is 1. The minimum Gasteiger partial charge on any atom is -0.378 e. The number of rotatable bonds is 7. The molecule has 1 heterocycles. The summed E-state index contributed by atoms with van der Waals surface area (Å²) in [6.45, 7) is 6.47. The van der Waals surface area contributed by atoms with Gasteiger partial charge in [-0.3, -0.25) is 9.89 Å². The van der Waals surface area contributed by atoms with Crippen molar-refractivity contribution in [3.63, 3.8) is 0 Å². The van der Waals surface area contributed by atoms with E-state index in [0.717, 1.165) is 22.8 Å². The Kier molecular flexibility index (Phi) is 6.13. The molecule has 0 spiro atoms. The lowest BCUT2D eigenvalue weighted by molar-refractivity contribution is -0.115. The molecular weight excluding hydrogens is 358 g/mol. The van der Waals surface area contributed by atoms with Crippen LogP contribution < -0.4 is 10.6 Å². The van der Waals surface area contributed by atoms with Crippen LogP contribution in [0.5, 0.6) is 0 Å². The molecular formula is C20H23N5OS. The molecule has 0 bridgehead atoms. The Bertz CT molecular complexity index is 910. The highest BCUT2D eigenvalue weighted by Gasteiger charge is 2.17. The molecule has 6 nitrogen and oxygen atoms in total. The van der Waals surface area contributed by atoms with Crippen molar-refractivity contribution in [3.05, 3.63) is 65.5 Å². The highest BCUT2D eigenvalue weighted by atomic mass is 32.2. The molecule has 3 N–H and O–H groups in total. The second-order valence-electron chi connectivity index (χ2n) is 6.33. The number of para-hydroxylation sites is 1. The molecule has 3 rings (SSSR count). The van der Waals surface area contributed by atoms with Gasteiger partial charge in [0, 0.05) is 11.4 Å². The molecule has 0 aliphatic heterocycles. The van der Waals surface area contributed by atoms with Crippen LogP contribution in [0.2, 0.25) is 0 Å². The third-order valence-electron chi connectivity index (χ3n) is 4.17. The van der Waals surface area contributed by atoms with E-state index in [2.05, 4.69) is 25.8 Å². The minimum atomic E-state index is -0.308. The fourth-order valence-corrected chi connectivity index (χ4v) is 3.17. The van der Waals surface area contributed by atoms with E-state index in [4.69, 9.17) is 0 Å². The summed E-state index contributed by atoms with van der Waals surface area (Å²) in [5.74, 6) is 0.653. The predicted molar refractivity (Wildman–Crippen MR) is 110 cm³/mol. The summed E-state index contributed by atoms with van der Waals surface area (Å²) in [5.41, 5.74) is 4.17. The molecule has 1 atom stereocenters. The number of nitrogens with one attached hydrogen (secondary N) is 3. The number of hydrogen-bond donors (Lipinski definition) is 3. The van der Waals surface area contributed by atoms with Crippen LogP contribution in [-0.4, -0.2) is 26.3 Å². The first kappa shape index (κ1) is 19.0. The van der Waals surface area contributed by atoms with Crippen molar-refractivity contribution in [2.24, 2.45) is 0 Å². The molecule has 7 heteroatoms. The summed E-state index contributed by atoms with van der Waals surface area (Å²) in [6.07, 6.45) is 0. The van der Waals surface area contributed by atoms with Gasteiger partial charge in [-0.25, -0.2) is 4.98 Å². The van der Waals surface area contributed by atoms with Crippen LogP contribution in [0.1, 0.15) is 23.9 Å². The number of nitrogens with zero attached hydrogens (tertiary/aromatic N) is 2. The van der Waals surface area contributed by atoms with Crippen molar-refractivity contribution in [1.29, 1.82) is 0 Å². The van der Waals surface area contributed by atoms with E-state index >= 15 is 0 Å². The Balaban J connectivity index is 1.52. The molecule has 0 aliphatic carbocycles. The van der Waals surface area contributed by atoms with Gasteiger partial charge in [-0.15, -0.1) is 5.10 Å². The van der Waals surface area contributed by atoms with Crippen molar-refractivity contribution < 1.29 is 4.79 Å². The number of benzene rings is 2. The Labute approximate surface area is 163 Å². The average molecular weight is 382 g/mol. The summed E-state index contributed by atoms with van der Waals surface area (Å²) in [4.78, 5) is 16.9. The Hall–Kier alpha value is -2.80. The van der Waals surface area contributed by atoms with Crippen molar-refractivity contribution in [2.75, 3.05) is 10.6 Å². The Morgan fingerprint density at radius 2 is 1.89 bits per heavy atom. The van der Waals surface area contributed by atoms with Crippen LogP contribution in [0, 0.1) is 13.8 Å². The van der Waals surface area contributed by atoms with Gasteiger partial charge >= 0.3 is 0 Å². The number of carbonyl (C=O) groups is 1. The number of anilines is 2. The first-order valence-corrected chi connectivity index (χ1v) is 9.64. The second kappa shape index (κ2) is 8.73. The zero-order valence-corrected chi connectivity index (χ0v) is 16.4. The van der Waals surface area contributed by atoms with Gasteiger partial charge < -0.3 is 10.6 Å². The number of carbonyl (C=O) groups excluding carboxylic acids is 1. The van der Waals surface area contributed by atoms with E-state index in [9.17, 15) is 4.79 Å². The first-order chi connectivity index (χ1) is 13.0. The molecule has 27 heavy (non-hydrogen) atoms. The Morgan fingerprint density at radius 1 is 1.11 bits per heavy atom. The molecule has 0 fully saturated rings. The normalized spacial score (nSPS) is 11.8. The van der Waals surface area contributed by atoms with E-state index in [-0.39, 0.29) is 11.2 Å². The summed E-state index contributed by atoms with van der Waals surface area (Å²) >= 11 is 1.33. The third kappa shape index (κ3) is 5.34. The first-order valence-electron chi connectivity index (χ1n) is 8.76. The van der Waals surface area contributed by atoms with E-state index < -0.39 is 0 Å². The van der Waals surface area contributed by atoms with Crippen molar-refractivity contribution in [3.8, 4) is 0 Å². The smallest absolute Gasteiger partial charge is 0.237 e.